The number of nitrogens with zero attached hydrogens (tertiary/aromatic N) is 2. The summed E-state index contributed by atoms with van der Waals surface area (Å²) in [6.45, 7) is 2.07. The van der Waals surface area contributed by atoms with Gasteiger partial charge < -0.3 is 5.11 Å². The molecule has 0 bridgehead atoms. The first-order valence-corrected chi connectivity index (χ1v) is 10.8. The molecule has 152 valence electrons. The predicted molar refractivity (Wildman–Crippen MR) is 124 cm³/mol. The molecule has 1 unspecified atom stereocenters. The lowest BCUT2D eigenvalue weighted by atomic mass is 9.85. The molecule has 2 aromatic heterocycles. The van der Waals surface area contributed by atoms with Crippen LogP contribution in [0.1, 0.15) is 35.2 Å². The van der Waals surface area contributed by atoms with Gasteiger partial charge in [0.2, 0.25) is 0 Å². The minimum Gasteiger partial charge on any atom is -0.505 e. The molecule has 0 fully saturated rings. The number of hydrogen-bond donors (Lipinski definition) is 1. The Kier molecular flexibility index (Phi) is 6.14. The van der Waals surface area contributed by atoms with Crippen molar-refractivity contribution in [2.24, 2.45) is 0 Å². The molecule has 4 aromatic rings. The smallest absolute Gasteiger partial charge is 0.145 e. The number of phenols is 1. The van der Waals surface area contributed by atoms with Crippen LogP contribution in [0.2, 0.25) is 15.1 Å². The maximum atomic E-state index is 11.1. The van der Waals surface area contributed by atoms with E-state index in [-0.39, 0.29) is 11.7 Å². The number of rotatable bonds is 5. The van der Waals surface area contributed by atoms with Gasteiger partial charge in [-0.05, 0) is 41.8 Å². The van der Waals surface area contributed by atoms with Crippen molar-refractivity contribution in [1.29, 1.82) is 0 Å². The molecule has 1 N–H and O–H groups in total. The van der Waals surface area contributed by atoms with E-state index in [1.165, 1.54) is 0 Å². The first-order chi connectivity index (χ1) is 14.5. The van der Waals surface area contributed by atoms with Crippen molar-refractivity contribution in [3.8, 4) is 5.75 Å². The Morgan fingerprint density at radius 2 is 1.73 bits per heavy atom. The van der Waals surface area contributed by atoms with E-state index < -0.39 is 0 Å². The second-order valence-corrected chi connectivity index (χ2v) is 8.39. The summed E-state index contributed by atoms with van der Waals surface area (Å²) in [7, 11) is 0. The highest BCUT2D eigenvalue weighted by atomic mass is 35.5. The summed E-state index contributed by atoms with van der Waals surface area (Å²) in [5.74, 6) is -0.0868. The molecule has 3 nitrogen and oxygen atoms in total. The number of phenolic OH excluding ortho intramolecular Hbond substituents is 1. The fourth-order valence-corrected chi connectivity index (χ4v) is 4.51. The van der Waals surface area contributed by atoms with E-state index in [1.807, 2.05) is 42.5 Å². The van der Waals surface area contributed by atoms with E-state index in [4.69, 9.17) is 34.8 Å². The average Bonchev–Trinajstić information content (AvgIpc) is 2.74. The molecule has 2 heterocycles. The molecule has 30 heavy (non-hydrogen) atoms. The molecule has 0 saturated heterocycles. The van der Waals surface area contributed by atoms with Gasteiger partial charge in [-0.3, -0.25) is 9.97 Å². The third-order valence-electron chi connectivity index (χ3n) is 5.30. The molecule has 4 rings (SSSR count). The van der Waals surface area contributed by atoms with Gasteiger partial charge in [-0.1, -0.05) is 66.0 Å². The van der Waals surface area contributed by atoms with Crippen molar-refractivity contribution in [2.75, 3.05) is 0 Å². The summed E-state index contributed by atoms with van der Waals surface area (Å²) in [6.07, 6.45) is 4.67. The zero-order chi connectivity index (χ0) is 21.3. The molecule has 0 radical (unpaired) electrons. The quantitative estimate of drug-likeness (QED) is 0.344. The van der Waals surface area contributed by atoms with Crippen molar-refractivity contribution in [3.63, 3.8) is 0 Å². The van der Waals surface area contributed by atoms with Gasteiger partial charge in [0.25, 0.3) is 0 Å². The van der Waals surface area contributed by atoms with E-state index in [1.54, 1.807) is 18.5 Å². The average molecular weight is 458 g/mol. The van der Waals surface area contributed by atoms with Crippen LogP contribution in [0.4, 0.5) is 0 Å². The number of benzene rings is 2. The van der Waals surface area contributed by atoms with Crippen molar-refractivity contribution in [3.05, 3.63) is 98.4 Å². The summed E-state index contributed by atoms with van der Waals surface area (Å²) in [6, 6.07) is 15.0. The Labute approximate surface area is 190 Å². The fraction of sp³-hybridized carbons (Fsp3) is 0.167. The normalized spacial score (nSPS) is 12.3. The van der Waals surface area contributed by atoms with Crippen LogP contribution in [0.25, 0.3) is 10.9 Å². The lowest BCUT2D eigenvalue weighted by molar-refractivity contribution is 0.469. The molecule has 2 aromatic carbocycles. The Morgan fingerprint density at radius 1 is 0.933 bits per heavy atom. The molecule has 0 amide bonds. The number of aromatic hydroxyl groups is 1. The summed E-state index contributed by atoms with van der Waals surface area (Å²) in [5, 5.41) is 13.7. The van der Waals surface area contributed by atoms with Crippen molar-refractivity contribution in [1.82, 2.24) is 9.97 Å². The van der Waals surface area contributed by atoms with E-state index in [0.29, 0.717) is 27.0 Å². The van der Waals surface area contributed by atoms with Gasteiger partial charge in [-0.15, -0.1) is 0 Å². The molecule has 0 aliphatic rings. The SMILES string of the molecule is CCc1cc(Cl)cnc1CC(c1ccc(Cl)cc1Cl)c1ccc2cccnc2c1O. The van der Waals surface area contributed by atoms with Gasteiger partial charge in [0, 0.05) is 51.4 Å². The zero-order valence-corrected chi connectivity index (χ0v) is 18.5. The minimum absolute atomic E-state index is 0.149. The summed E-state index contributed by atoms with van der Waals surface area (Å²) in [4.78, 5) is 8.95. The number of aromatic nitrogens is 2. The second kappa shape index (κ2) is 8.81. The van der Waals surface area contributed by atoms with Gasteiger partial charge in [0.05, 0.1) is 5.02 Å². The van der Waals surface area contributed by atoms with Crippen molar-refractivity contribution in [2.45, 2.75) is 25.7 Å². The maximum Gasteiger partial charge on any atom is 0.145 e. The maximum absolute atomic E-state index is 11.1. The fourth-order valence-electron chi connectivity index (χ4n) is 3.79. The van der Waals surface area contributed by atoms with Crippen LogP contribution >= 0.6 is 34.8 Å². The largest absolute Gasteiger partial charge is 0.505 e. The van der Waals surface area contributed by atoms with E-state index in [9.17, 15) is 5.11 Å². The first-order valence-electron chi connectivity index (χ1n) is 9.62. The highest BCUT2D eigenvalue weighted by Gasteiger charge is 2.24. The molecule has 0 saturated carbocycles. The van der Waals surface area contributed by atoms with E-state index in [0.717, 1.165) is 34.2 Å². The van der Waals surface area contributed by atoms with Crippen LogP contribution in [0.5, 0.6) is 5.75 Å². The predicted octanol–water partition coefficient (Wildman–Crippen LogP) is 7.23. The topological polar surface area (TPSA) is 46.0 Å². The van der Waals surface area contributed by atoms with Crippen molar-refractivity contribution < 1.29 is 5.11 Å². The van der Waals surface area contributed by atoms with Crippen LogP contribution in [0, 0.1) is 0 Å². The molecule has 0 aliphatic carbocycles. The van der Waals surface area contributed by atoms with Crippen LogP contribution in [-0.2, 0) is 12.8 Å². The second-order valence-electron chi connectivity index (χ2n) is 7.11. The Bertz CT molecular complexity index is 1230. The summed E-state index contributed by atoms with van der Waals surface area (Å²) >= 11 is 18.9. The molecule has 0 spiro atoms. The highest BCUT2D eigenvalue weighted by molar-refractivity contribution is 6.35. The molecule has 6 heteroatoms. The summed E-state index contributed by atoms with van der Waals surface area (Å²) < 4.78 is 0. The summed E-state index contributed by atoms with van der Waals surface area (Å²) in [5.41, 5.74) is 4.15. The molecule has 0 aliphatic heterocycles. The van der Waals surface area contributed by atoms with Crippen LogP contribution in [-0.4, -0.2) is 15.1 Å². The van der Waals surface area contributed by atoms with Crippen molar-refractivity contribution >= 4 is 45.7 Å². The monoisotopic (exact) mass is 456 g/mol. The minimum atomic E-state index is -0.236. The number of fused-ring (bicyclic) bond motifs is 1. The number of halogens is 3. The Hall–Kier alpha value is -2.33. The zero-order valence-electron chi connectivity index (χ0n) is 16.2. The Balaban J connectivity index is 1.90. The van der Waals surface area contributed by atoms with Crippen LogP contribution in [0.15, 0.2) is 60.9 Å². The highest BCUT2D eigenvalue weighted by Crippen LogP contribution is 2.40. The van der Waals surface area contributed by atoms with E-state index in [2.05, 4.69) is 16.9 Å². The third-order valence-corrected chi connectivity index (χ3v) is 6.07. The number of pyridine rings is 2. The first kappa shape index (κ1) is 20.9. The standard InChI is InChI=1S/C24H19Cl3N2O/c1-2-14-10-17(26)13-29-22(14)12-20(18-8-6-16(25)11-21(18)27)19-7-5-15-4-3-9-28-23(15)24(19)30/h3-11,13,20,30H,2,12H2,1H3. The molecular weight excluding hydrogens is 439 g/mol. The lowest BCUT2D eigenvalue weighted by Gasteiger charge is -2.22. The third kappa shape index (κ3) is 4.11. The Morgan fingerprint density at radius 3 is 2.50 bits per heavy atom. The van der Waals surface area contributed by atoms with Crippen LogP contribution < -0.4 is 0 Å². The number of aryl methyl sites for hydroxylation is 1. The van der Waals surface area contributed by atoms with Gasteiger partial charge in [-0.2, -0.15) is 0 Å². The van der Waals surface area contributed by atoms with Gasteiger partial charge in [0.15, 0.2) is 0 Å². The molecule has 1 atom stereocenters. The van der Waals surface area contributed by atoms with Gasteiger partial charge >= 0.3 is 0 Å². The molecular formula is C24H19Cl3N2O. The van der Waals surface area contributed by atoms with Gasteiger partial charge in [-0.25, -0.2) is 0 Å². The van der Waals surface area contributed by atoms with Crippen LogP contribution in [0.3, 0.4) is 0 Å². The lowest BCUT2D eigenvalue weighted by Crippen LogP contribution is -2.10. The number of hydrogen-bond acceptors (Lipinski definition) is 3. The van der Waals surface area contributed by atoms with E-state index >= 15 is 0 Å². The van der Waals surface area contributed by atoms with Gasteiger partial charge in [0.1, 0.15) is 11.3 Å².